The molecule has 0 saturated heterocycles. The van der Waals surface area contributed by atoms with Gasteiger partial charge in [0.25, 0.3) is 0 Å². The van der Waals surface area contributed by atoms with Gasteiger partial charge in [0.15, 0.2) is 5.65 Å². The average Bonchev–Trinajstić information content (AvgIpc) is 2.75. The quantitative estimate of drug-likeness (QED) is 0.842. The van der Waals surface area contributed by atoms with Gasteiger partial charge in [-0.3, -0.25) is 9.36 Å². The molecule has 0 aliphatic rings. The molecule has 1 amide bonds. The minimum absolute atomic E-state index is 0.0960. The summed E-state index contributed by atoms with van der Waals surface area (Å²) in [7, 11) is 1.60. The summed E-state index contributed by atoms with van der Waals surface area (Å²) in [5.41, 5.74) is 1.43. The standard InChI is InChI=1S/C11H13ClN4O/c1-7(11(17)13-2)16-9(6-12)15-8-4-3-5-14-10(8)16/h3-5,7H,6H2,1-2H3,(H,13,17). The van der Waals surface area contributed by atoms with Crippen LogP contribution in [-0.4, -0.2) is 27.5 Å². The summed E-state index contributed by atoms with van der Waals surface area (Å²) in [5, 5.41) is 2.61. The number of imidazole rings is 1. The van der Waals surface area contributed by atoms with Crippen LogP contribution < -0.4 is 5.32 Å². The molecule has 0 aliphatic carbocycles. The number of halogens is 1. The molecule has 1 unspecified atom stereocenters. The first-order chi connectivity index (χ1) is 8.19. The fourth-order valence-corrected chi connectivity index (χ4v) is 1.99. The third-order valence-electron chi connectivity index (χ3n) is 2.65. The van der Waals surface area contributed by atoms with Crippen molar-refractivity contribution in [2.75, 3.05) is 7.05 Å². The van der Waals surface area contributed by atoms with E-state index in [2.05, 4.69) is 15.3 Å². The molecule has 1 atom stereocenters. The zero-order valence-corrected chi connectivity index (χ0v) is 10.4. The third kappa shape index (κ3) is 1.98. The van der Waals surface area contributed by atoms with Crippen LogP contribution in [0.5, 0.6) is 0 Å². The lowest BCUT2D eigenvalue weighted by Gasteiger charge is -2.14. The van der Waals surface area contributed by atoms with Crippen LogP contribution in [0.2, 0.25) is 0 Å². The van der Waals surface area contributed by atoms with Crippen LogP contribution in [0.15, 0.2) is 18.3 Å². The number of nitrogens with one attached hydrogen (secondary N) is 1. The molecule has 0 radical (unpaired) electrons. The first-order valence-corrected chi connectivity index (χ1v) is 5.82. The summed E-state index contributed by atoms with van der Waals surface area (Å²) < 4.78 is 1.77. The van der Waals surface area contributed by atoms with E-state index in [-0.39, 0.29) is 17.8 Å². The number of amides is 1. The maximum absolute atomic E-state index is 11.7. The molecule has 0 spiro atoms. The second kappa shape index (κ2) is 4.71. The average molecular weight is 253 g/mol. The van der Waals surface area contributed by atoms with Gasteiger partial charge in [-0.25, -0.2) is 9.97 Å². The predicted octanol–water partition coefficient (Wildman–Crippen LogP) is 1.48. The van der Waals surface area contributed by atoms with E-state index in [1.165, 1.54) is 0 Å². The summed E-state index contributed by atoms with van der Waals surface area (Å²) in [4.78, 5) is 20.3. The molecule has 0 aliphatic heterocycles. The minimum atomic E-state index is -0.381. The molecule has 6 heteroatoms. The highest BCUT2D eigenvalue weighted by molar-refractivity contribution is 6.16. The Balaban J connectivity index is 2.61. The van der Waals surface area contributed by atoms with Crippen molar-refractivity contribution < 1.29 is 4.79 Å². The van der Waals surface area contributed by atoms with Crippen molar-refractivity contribution in [3.05, 3.63) is 24.2 Å². The number of nitrogens with zero attached hydrogens (tertiary/aromatic N) is 3. The summed E-state index contributed by atoms with van der Waals surface area (Å²) in [6, 6.07) is 3.28. The molecule has 0 bridgehead atoms. The number of likely N-dealkylation sites (N-methyl/N-ethyl adjacent to an activating group) is 1. The number of carbonyl (C=O) groups excluding carboxylic acids is 1. The molecule has 2 aromatic rings. The van der Waals surface area contributed by atoms with Crippen molar-refractivity contribution in [3.63, 3.8) is 0 Å². The van der Waals surface area contributed by atoms with Gasteiger partial charge < -0.3 is 5.32 Å². The number of alkyl halides is 1. The number of pyridine rings is 1. The lowest BCUT2D eigenvalue weighted by molar-refractivity contribution is -0.123. The van der Waals surface area contributed by atoms with E-state index in [9.17, 15) is 4.79 Å². The van der Waals surface area contributed by atoms with Crippen molar-refractivity contribution in [2.45, 2.75) is 18.8 Å². The van der Waals surface area contributed by atoms with E-state index < -0.39 is 0 Å². The Morgan fingerprint density at radius 3 is 3.06 bits per heavy atom. The van der Waals surface area contributed by atoms with Crippen LogP contribution in [-0.2, 0) is 10.7 Å². The first-order valence-electron chi connectivity index (χ1n) is 5.28. The number of hydrogen-bond donors (Lipinski definition) is 1. The Hall–Kier alpha value is -1.62. The third-order valence-corrected chi connectivity index (χ3v) is 2.89. The van der Waals surface area contributed by atoms with E-state index in [1.807, 2.05) is 12.1 Å². The second-order valence-electron chi connectivity index (χ2n) is 3.67. The van der Waals surface area contributed by atoms with Crippen LogP contribution in [0.3, 0.4) is 0 Å². The molecule has 17 heavy (non-hydrogen) atoms. The largest absolute Gasteiger partial charge is 0.357 e. The van der Waals surface area contributed by atoms with E-state index in [1.54, 1.807) is 24.7 Å². The van der Waals surface area contributed by atoms with Crippen molar-refractivity contribution in [3.8, 4) is 0 Å². The summed E-state index contributed by atoms with van der Waals surface area (Å²) in [6.07, 6.45) is 1.68. The highest BCUT2D eigenvalue weighted by Gasteiger charge is 2.20. The number of rotatable bonds is 3. The van der Waals surface area contributed by atoms with Gasteiger partial charge in [0, 0.05) is 13.2 Å². The Morgan fingerprint density at radius 1 is 1.65 bits per heavy atom. The Labute approximate surface area is 104 Å². The van der Waals surface area contributed by atoms with Gasteiger partial charge in [-0.1, -0.05) is 0 Å². The predicted molar refractivity (Wildman–Crippen MR) is 65.9 cm³/mol. The van der Waals surface area contributed by atoms with Gasteiger partial charge in [0.05, 0.1) is 5.88 Å². The zero-order valence-electron chi connectivity index (χ0n) is 9.64. The number of fused-ring (bicyclic) bond motifs is 1. The molecule has 0 fully saturated rings. The number of hydrogen-bond acceptors (Lipinski definition) is 3. The smallest absolute Gasteiger partial charge is 0.242 e. The highest BCUT2D eigenvalue weighted by atomic mass is 35.5. The molecule has 0 saturated carbocycles. The highest BCUT2D eigenvalue weighted by Crippen LogP contribution is 2.20. The maximum Gasteiger partial charge on any atom is 0.242 e. The monoisotopic (exact) mass is 252 g/mol. The zero-order chi connectivity index (χ0) is 12.4. The van der Waals surface area contributed by atoms with E-state index in [4.69, 9.17) is 11.6 Å². The van der Waals surface area contributed by atoms with Gasteiger partial charge in [-0.05, 0) is 19.1 Å². The molecule has 1 N–H and O–H groups in total. The van der Waals surface area contributed by atoms with E-state index in [0.717, 1.165) is 5.52 Å². The SMILES string of the molecule is CNC(=O)C(C)n1c(CCl)nc2cccnc21. The molecule has 2 aromatic heterocycles. The van der Waals surface area contributed by atoms with Crippen LogP contribution in [0, 0.1) is 0 Å². The van der Waals surface area contributed by atoms with Crippen LogP contribution in [0.4, 0.5) is 0 Å². The van der Waals surface area contributed by atoms with Crippen LogP contribution in [0.25, 0.3) is 11.2 Å². The normalized spacial score (nSPS) is 12.6. The van der Waals surface area contributed by atoms with Crippen molar-refractivity contribution >= 4 is 28.7 Å². The Kier molecular flexibility index (Phi) is 3.28. The molecule has 2 heterocycles. The summed E-state index contributed by atoms with van der Waals surface area (Å²) >= 11 is 5.85. The van der Waals surface area contributed by atoms with Gasteiger partial charge in [-0.15, -0.1) is 11.6 Å². The van der Waals surface area contributed by atoms with E-state index >= 15 is 0 Å². The summed E-state index contributed by atoms with van der Waals surface area (Å²) in [6.45, 7) is 1.80. The van der Waals surface area contributed by atoms with Crippen molar-refractivity contribution in [1.82, 2.24) is 19.9 Å². The lowest BCUT2D eigenvalue weighted by Crippen LogP contribution is -2.28. The van der Waals surface area contributed by atoms with Gasteiger partial charge in [0.2, 0.25) is 5.91 Å². The molecule has 90 valence electrons. The molecular formula is C11H13ClN4O. The van der Waals surface area contributed by atoms with Gasteiger partial charge in [-0.2, -0.15) is 0 Å². The topological polar surface area (TPSA) is 59.8 Å². The molecule has 0 aromatic carbocycles. The Morgan fingerprint density at radius 2 is 2.41 bits per heavy atom. The second-order valence-corrected chi connectivity index (χ2v) is 3.94. The maximum atomic E-state index is 11.7. The minimum Gasteiger partial charge on any atom is -0.357 e. The number of carbonyl (C=O) groups is 1. The molecular weight excluding hydrogens is 240 g/mol. The lowest BCUT2D eigenvalue weighted by atomic mass is 10.3. The van der Waals surface area contributed by atoms with Crippen molar-refractivity contribution in [1.29, 1.82) is 0 Å². The fourth-order valence-electron chi connectivity index (χ4n) is 1.80. The Bertz CT molecular complexity index is 551. The fraction of sp³-hybridized carbons (Fsp3) is 0.364. The van der Waals surface area contributed by atoms with Crippen molar-refractivity contribution in [2.24, 2.45) is 0 Å². The summed E-state index contributed by atoms with van der Waals surface area (Å²) in [5.74, 6) is 0.801. The number of aromatic nitrogens is 3. The van der Waals surface area contributed by atoms with Crippen LogP contribution in [0.1, 0.15) is 18.8 Å². The van der Waals surface area contributed by atoms with E-state index in [0.29, 0.717) is 11.5 Å². The van der Waals surface area contributed by atoms with Gasteiger partial charge in [0.1, 0.15) is 17.4 Å². The first kappa shape index (κ1) is 11.9. The molecule has 5 nitrogen and oxygen atoms in total. The van der Waals surface area contributed by atoms with Crippen LogP contribution >= 0.6 is 11.6 Å². The molecule has 2 rings (SSSR count). The van der Waals surface area contributed by atoms with Gasteiger partial charge >= 0.3 is 0 Å².